The molecule has 0 fully saturated rings. The van der Waals surface area contributed by atoms with Crippen molar-refractivity contribution in [2.75, 3.05) is 13.7 Å². The van der Waals surface area contributed by atoms with Crippen LogP contribution in [0.1, 0.15) is 27.0 Å². The first-order chi connectivity index (χ1) is 12.4. The van der Waals surface area contributed by atoms with Crippen LogP contribution >= 0.6 is 0 Å². The molecule has 2 aromatic rings. The summed E-state index contributed by atoms with van der Waals surface area (Å²) in [5.41, 5.74) is 3.55. The first kappa shape index (κ1) is 17.9. The topological polar surface area (TPSA) is 44.8 Å². The zero-order valence-corrected chi connectivity index (χ0v) is 14.6. The minimum absolute atomic E-state index is 0.0625. The normalized spacial score (nSPS) is 15.0. The standard InChI is InChI=1S/C20H18F2O4/c1-11-6-12(2)18-17(7-11)25-10-14(19(18)23)8-13-4-5-15(26-20(21)22)16(9-13)24-3/h4-9,20H,10H2,1-3H3/b14-8+. The second-order valence-electron chi connectivity index (χ2n) is 6.03. The van der Waals surface area contributed by atoms with E-state index in [9.17, 15) is 13.6 Å². The van der Waals surface area contributed by atoms with Crippen molar-refractivity contribution in [3.63, 3.8) is 0 Å². The number of carbonyl (C=O) groups is 1. The van der Waals surface area contributed by atoms with Gasteiger partial charge in [0.15, 0.2) is 17.3 Å². The predicted molar refractivity (Wildman–Crippen MR) is 93.3 cm³/mol. The van der Waals surface area contributed by atoms with Crippen LogP contribution < -0.4 is 14.2 Å². The minimum atomic E-state index is -2.94. The van der Waals surface area contributed by atoms with E-state index in [2.05, 4.69) is 4.74 Å². The van der Waals surface area contributed by atoms with Crippen molar-refractivity contribution in [2.24, 2.45) is 0 Å². The molecule has 6 heteroatoms. The molecule has 3 rings (SSSR count). The summed E-state index contributed by atoms with van der Waals surface area (Å²) < 4.78 is 40.1. The first-order valence-corrected chi connectivity index (χ1v) is 8.01. The number of carbonyl (C=O) groups excluding carboxylic acids is 1. The van der Waals surface area contributed by atoms with Crippen LogP contribution in [0.3, 0.4) is 0 Å². The van der Waals surface area contributed by atoms with Crippen LogP contribution in [0.15, 0.2) is 35.9 Å². The zero-order chi connectivity index (χ0) is 18.8. The maximum Gasteiger partial charge on any atom is 0.387 e. The lowest BCUT2D eigenvalue weighted by Gasteiger charge is -2.21. The van der Waals surface area contributed by atoms with Gasteiger partial charge in [-0.3, -0.25) is 4.79 Å². The Balaban J connectivity index is 1.94. The molecule has 0 bridgehead atoms. The number of benzene rings is 2. The van der Waals surface area contributed by atoms with Crippen molar-refractivity contribution in [3.8, 4) is 17.2 Å². The third-order valence-electron chi connectivity index (χ3n) is 4.09. The number of fused-ring (bicyclic) bond motifs is 1. The number of ketones is 1. The Morgan fingerprint density at radius 1 is 1.15 bits per heavy atom. The molecule has 1 heterocycles. The van der Waals surface area contributed by atoms with E-state index in [1.54, 1.807) is 12.1 Å². The van der Waals surface area contributed by atoms with E-state index in [-0.39, 0.29) is 23.9 Å². The van der Waals surface area contributed by atoms with Crippen molar-refractivity contribution in [1.82, 2.24) is 0 Å². The number of halogens is 2. The van der Waals surface area contributed by atoms with Gasteiger partial charge in [0.05, 0.1) is 12.7 Å². The maximum absolute atomic E-state index is 12.8. The van der Waals surface area contributed by atoms with E-state index in [0.29, 0.717) is 22.4 Å². The number of aryl methyl sites for hydroxylation is 2. The second-order valence-corrected chi connectivity index (χ2v) is 6.03. The van der Waals surface area contributed by atoms with Gasteiger partial charge in [-0.25, -0.2) is 0 Å². The summed E-state index contributed by atoms with van der Waals surface area (Å²) in [5, 5.41) is 0. The molecular weight excluding hydrogens is 342 g/mol. The summed E-state index contributed by atoms with van der Waals surface area (Å²) in [6.07, 6.45) is 1.67. The van der Waals surface area contributed by atoms with Gasteiger partial charge in [0, 0.05) is 5.57 Å². The highest BCUT2D eigenvalue weighted by atomic mass is 19.3. The van der Waals surface area contributed by atoms with E-state index < -0.39 is 6.61 Å². The summed E-state index contributed by atoms with van der Waals surface area (Å²) in [6.45, 7) is 1.02. The van der Waals surface area contributed by atoms with Crippen molar-refractivity contribution < 1.29 is 27.8 Å². The van der Waals surface area contributed by atoms with Gasteiger partial charge in [-0.2, -0.15) is 8.78 Å². The largest absolute Gasteiger partial charge is 0.493 e. The second kappa shape index (κ2) is 7.15. The fraction of sp³-hybridized carbons (Fsp3) is 0.250. The molecule has 0 aromatic heterocycles. The quantitative estimate of drug-likeness (QED) is 0.749. The monoisotopic (exact) mass is 360 g/mol. The molecule has 0 N–H and O–H groups in total. The van der Waals surface area contributed by atoms with Gasteiger partial charge >= 0.3 is 6.61 Å². The van der Waals surface area contributed by atoms with E-state index in [1.165, 1.54) is 19.2 Å². The number of ether oxygens (including phenoxy) is 3. The van der Waals surface area contributed by atoms with E-state index >= 15 is 0 Å². The summed E-state index contributed by atoms with van der Waals surface area (Å²) >= 11 is 0. The van der Waals surface area contributed by atoms with Crippen molar-refractivity contribution in [2.45, 2.75) is 20.5 Å². The van der Waals surface area contributed by atoms with Gasteiger partial charge < -0.3 is 14.2 Å². The summed E-state index contributed by atoms with van der Waals surface area (Å²) in [6, 6.07) is 8.28. The van der Waals surface area contributed by atoms with Gasteiger partial charge in [-0.05, 0) is 54.8 Å². The van der Waals surface area contributed by atoms with Crippen LogP contribution in [-0.4, -0.2) is 26.1 Å². The van der Waals surface area contributed by atoms with E-state index in [1.807, 2.05) is 26.0 Å². The first-order valence-electron chi connectivity index (χ1n) is 8.01. The van der Waals surface area contributed by atoms with Gasteiger partial charge in [-0.1, -0.05) is 12.1 Å². The smallest absolute Gasteiger partial charge is 0.387 e. The number of Topliss-reactive ketones (excluding diaryl/α,β-unsaturated/α-hetero) is 1. The van der Waals surface area contributed by atoms with Gasteiger partial charge in [0.2, 0.25) is 0 Å². The van der Waals surface area contributed by atoms with Crippen LogP contribution in [0.2, 0.25) is 0 Å². The van der Waals surface area contributed by atoms with E-state index in [0.717, 1.165) is 11.1 Å². The number of methoxy groups -OCH3 is 1. The molecule has 2 aromatic carbocycles. The predicted octanol–water partition coefficient (Wildman–Crippen LogP) is 4.57. The lowest BCUT2D eigenvalue weighted by molar-refractivity contribution is -0.0512. The highest BCUT2D eigenvalue weighted by Crippen LogP contribution is 2.33. The molecule has 0 aliphatic carbocycles. The minimum Gasteiger partial charge on any atom is -0.493 e. The van der Waals surface area contributed by atoms with Crippen molar-refractivity contribution in [3.05, 3.63) is 58.2 Å². The fourth-order valence-corrected chi connectivity index (χ4v) is 2.99. The Kier molecular flexibility index (Phi) is 4.93. The number of alkyl halides is 2. The molecule has 0 spiro atoms. The molecule has 0 atom stereocenters. The average molecular weight is 360 g/mol. The molecular formula is C20H18F2O4. The molecule has 4 nitrogen and oxygen atoms in total. The summed E-state index contributed by atoms with van der Waals surface area (Å²) in [7, 11) is 1.36. The summed E-state index contributed by atoms with van der Waals surface area (Å²) in [5.74, 6) is 0.585. The van der Waals surface area contributed by atoms with E-state index in [4.69, 9.17) is 9.47 Å². The van der Waals surface area contributed by atoms with Crippen LogP contribution in [0, 0.1) is 13.8 Å². The molecule has 136 valence electrons. The lowest BCUT2D eigenvalue weighted by Crippen LogP contribution is -2.20. The number of hydrogen-bond acceptors (Lipinski definition) is 4. The Morgan fingerprint density at radius 3 is 2.62 bits per heavy atom. The Morgan fingerprint density at radius 2 is 1.92 bits per heavy atom. The zero-order valence-electron chi connectivity index (χ0n) is 14.6. The Labute approximate surface area is 150 Å². The Hall–Kier alpha value is -2.89. The van der Waals surface area contributed by atoms with Crippen LogP contribution in [0.25, 0.3) is 6.08 Å². The van der Waals surface area contributed by atoms with Crippen LogP contribution in [0.5, 0.6) is 17.2 Å². The molecule has 0 amide bonds. The highest BCUT2D eigenvalue weighted by Gasteiger charge is 2.25. The van der Waals surface area contributed by atoms with Crippen LogP contribution in [0.4, 0.5) is 8.78 Å². The third-order valence-corrected chi connectivity index (χ3v) is 4.09. The average Bonchev–Trinajstić information content (AvgIpc) is 2.57. The lowest BCUT2D eigenvalue weighted by atomic mass is 9.93. The molecule has 0 saturated carbocycles. The SMILES string of the molecule is COc1cc(/C=C2\COc3cc(C)cc(C)c3C2=O)ccc1OC(F)F. The third kappa shape index (κ3) is 3.54. The highest BCUT2D eigenvalue weighted by molar-refractivity contribution is 6.14. The molecule has 0 radical (unpaired) electrons. The maximum atomic E-state index is 12.8. The van der Waals surface area contributed by atoms with Gasteiger partial charge in [-0.15, -0.1) is 0 Å². The van der Waals surface area contributed by atoms with Gasteiger partial charge in [0.1, 0.15) is 12.4 Å². The van der Waals surface area contributed by atoms with Crippen molar-refractivity contribution >= 4 is 11.9 Å². The number of hydrogen-bond donors (Lipinski definition) is 0. The Bertz CT molecular complexity index is 888. The van der Waals surface area contributed by atoms with Crippen molar-refractivity contribution in [1.29, 1.82) is 0 Å². The molecule has 26 heavy (non-hydrogen) atoms. The fourth-order valence-electron chi connectivity index (χ4n) is 2.99. The molecule has 0 saturated heterocycles. The molecule has 1 aliphatic rings. The molecule has 1 aliphatic heterocycles. The van der Waals surface area contributed by atoms with Gasteiger partial charge in [0.25, 0.3) is 0 Å². The van der Waals surface area contributed by atoms with Crippen LogP contribution in [-0.2, 0) is 0 Å². The number of rotatable bonds is 4. The molecule has 0 unspecified atom stereocenters. The summed E-state index contributed by atoms with van der Waals surface area (Å²) in [4.78, 5) is 12.8.